The van der Waals surface area contributed by atoms with Gasteiger partial charge in [0.2, 0.25) is 5.91 Å². The molecule has 1 aromatic rings. The molecule has 0 spiro atoms. The van der Waals surface area contributed by atoms with Crippen LogP contribution in [0, 0.1) is 23.2 Å². The molecule has 6 nitrogen and oxygen atoms in total. The number of fused-ring (bicyclic) bond motifs is 1. The number of hydrogen-bond acceptors (Lipinski definition) is 5. The number of aliphatic imine (C=N–C) groups is 1. The average molecular weight is 521 g/mol. The molecule has 4 saturated carbocycles. The number of likely N-dealkylation sites (N-methyl/N-ethyl adjacent to an activating group) is 1. The monoisotopic (exact) mass is 520 g/mol. The lowest BCUT2D eigenvalue weighted by molar-refractivity contribution is -0.140. The lowest BCUT2D eigenvalue weighted by atomic mass is 9.49. The summed E-state index contributed by atoms with van der Waals surface area (Å²) in [4.78, 5) is 36.6. The number of carbonyl (C=O) groups is 2. The van der Waals surface area contributed by atoms with Gasteiger partial charge >= 0.3 is 0 Å². The van der Waals surface area contributed by atoms with Crippen LogP contribution in [0.4, 0.5) is 5.69 Å². The second-order valence-electron chi connectivity index (χ2n) is 11.9. The molecule has 6 aliphatic rings. The van der Waals surface area contributed by atoms with Crippen molar-refractivity contribution in [3.05, 3.63) is 41.1 Å². The van der Waals surface area contributed by atoms with Crippen LogP contribution < -0.4 is 5.32 Å². The van der Waals surface area contributed by atoms with Crippen molar-refractivity contribution in [3.63, 3.8) is 0 Å². The molecular formula is C30H40N4O2S. The molecular weight excluding hydrogens is 480 g/mol. The highest BCUT2D eigenvalue weighted by Crippen LogP contribution is 2.60. The molecule has 1 unspecified atom stereocenters. The minimum atomic E-state index is -0.190. The van der Waals surface area contributed by atoms with Crippen molar-refractivity contribution in [1.82, 2.24) is 9.80 Å². The Balaban J connectivity index is 1.31. The van der Waals surface area contributed by atoms with Crippen molar-refractivity contribution in [3.8, 4) is 0 Å². The number of allylic oxidation sites excluding steroid dienone is 1. The van der Waals surface area contributed by atoms with Gasteiger partial charge in [-0.3, -0.25) is 9.59 Å². The van der Waals surface area contributed by atoms with Crippen LogP contribution in [-0.2, 0) is 9.59 Å². The van der Waals surface area contributed by atoms with Crippen LogP contribution in [0.3, 0.4) is 0 Å². The number of thioether (sulfide) groups is 1. The maximum absolute atomic E-state index is 13.8. The maximum Gasteiger partial charge on any atom is 0.254 e. The molecule has 1 saturated heterocycles. The molecule has 7 rings (SSSR count). The summed E-state index contributed by atoms with van der Waals surface area (Å²) in [5, 5.41) is 4.35. The molecule has 1 N–H and O–H groups in total. The molecule has 1 aromatic carbocycles. The van der Waals surface area contributed by atoms with E-state index in [2.05, 4.69) is 22.3 Å². The molecule has 2 aliphatic heterocycles. The van der Waals surface area contributed by atoms with E-state index >= 15 is 0 Å². The number of rotatable bonds is 6. The predicted molar refractivity (Wildman–Crippen MR) is 150 cm³/mol. The van der Waals surface area contributed by atoms with Gasteiger partial charge in [0.25, 0.3) is 5.91 Å². The molecule has 2 heterocycles. The van der Waals surface area contributed by atoms with Gasteiger partial charge in [0.1, 0.15) is 0 Å². The molecule has 7 heteroatoms. The summed E-state index contributed by atoms with van der Waals surface area (Å²) in [6.07, 6.45) is 8.23. The highest BCUT2D eigenvalue weighted by molar-refractivity contribution is 8.13. The minimum absolute atomic E-state index is 0.0638. The predicted octanol–water partition coefficient (Wildman–Crippen LogP) is 5.83. The first-order valence-corrected chi connectivity index (χ1v) is 15.3. The van der Waals surface area contributed by atoms with Crippen LogP contribution >= 0.6 is 11.8 Å². The number of anilines is 1. The zero-order chi connectivity index (χ0) is 25.7. The summed E-state index contributed by atoms with van der Waals surface area (Å²) < 4.78 is 0. The zero-order valence-corrected chi connectivity index (χ0v) is 23.3. The number of amides is 2. The lowest BCUT2D eigenvalue weighted by Gasteiger charge is -2.55. The van der Waals surface area contributed by atoms with Crippen LogP contribution in [0.15, 0.2) is 40.5 Å². The Hall–Kier alpha value is -2.28. The summed E-state index contributed by atoms with van der Waals surface area (Å²) in [6.45, 7) is 8.25. The molecule has 37 heavy (non-hydrogen) atoms. The highest BCUT2D eigenvalue weighted by Gasteiger charge is 2.54. The van der Waals surface area contributed by atoms with Gasteiger partial charge in [0, 0.05) is 31.1 Å². The van der Waals surface area contributed by atoms with Crippen molar-refractivity contribution >= 4 is 34.4 Å². The van der Waals surface area contributed by atoms with Gasteiger partial charge in [-0.05, 0) is 101 Å². The molecule has 0 radical (unpaired) electrons. The zero-order valence-electron chi connectivity index (χ0n) is 22.5. The number of nitrogens with zero attached hydrogens (tertiary/aromatic N) is 3. The van der Waals surface area contributed by atoms with E-state index in [0.717, 1.165) is 83.4 Å². The fraction of sp³-hybridized carbons (Fsp3) is 0.633. The van der Waals surface area contributed by atoms with E-state index in [4.69, 9.17) is 4.99 Å². The van der Waals surface area contributed by atoms with Crippen LogP contribution in [0.5, 0.6) is 0 Å². The SMILES string of the molecule is CCN(CC)C(=O)C1=C(C)N=C2SCCCN2C1c1cccc(NC(=O)C23CC4CC(CC(C4)C2)C3)c1. The molecule has 4 aliphatic carbocycles. The number of carbonyl (C=O) groups excluding carboxylic acids is 2. The number of nitrogens with one attached hydrogen (secondary N) is 1. The molecule has 1 atom stereocenters. The lowest BCUT2D eigenvalue weighted by Crippen LogP contribution is -2.51. The van der Waals surface area contributed by atoms with E-state index in [1.165, 1.54) is 19.3 Å². The van der Waals surface area contributed by atoms with Gasteiger partial charge in [0.05, 0.1) is 22.7 Å². The van der Waals surface area contributed by atoms with Crippen LogP contribution in [-0.4, -0.2) is 52.2 Å². The van der Waals surface area contributed by atoms with E-state index in [0.29, 0.717) is 13.1 Å². The first-order valence-electron chi connectivity index (χ1n) is 14.3. The van der Waals surface area contributed by atoms with Crippen molar-refractivity contribution in [2.45, 2.75) is 71.8 Å². The third-order valence-corrected chi connectivity index (χ3v) is 10.6. The topological polar surface area (TPSA) is 65.0 Å². The van der Waals surface area contributed by atoms with Crippen LogP contribution in [0.2, 0.25) is 0 Å². The molecule has 5 fully saturated rings. The number of amidine groups is 1. The largest absolute Gasteiger partial charge is 0.340 e. The normalized spacial score (nSPS) is 32.2. The van der Waals surface area contributed by atoms with Crippen molar-refractivity contribution < 1.29 is 9.59 Å². The summed E-state index contributed by atoms with van der Waals surface area (Å²) in [6, 6.07) is 8.06. The first-order chi connectivity index (χ1) is 17.9. The summed E-state index contributed by atoms with van der Waals surface area (Å²) in [5.74, 6) is 3.55. The Morgan fingerprint density at radius 2 is 1.78 bits per heavy atom. The van der Waals surface area contributed by atoms with E-state index < -0.39 is 0 Å². The van der Waals surface area contributed by atoms with Crippen LogP contribution in [0.25, 0.3) is 0 Å². The van der Waals surface area contributed by atoms with Crippen molar-refractivity contribution in [2.75, 3.05) is 30.7 Å². The minimum Gasteiger partial charge on any atom is -0.340 e. The van der Waals surface area contributed by atoms with E-state index in [1.54, 1.807) is 11.8 Å². The molecule has 198 valence electrons. The van der Waals surface area contributed by atoms with Crippen molar-refractivity contribution in [2.24, 2.45) is 28.2 Å². The van der Waals surface area contributed by atoms with Gasteiger partial charge in [-0.2, -0.15) is 0 Å². The maximum atomic E-state index is 13.8. The van der Waals surface area contributed by atoms with Gasteiger partial charge in [-0.25, -0.2) is 4.99 Å². The summed E-state index contributed by atoms with van der Waals surface area (Å²) in [7, 11) is 0. The van der Waals surface area contributed by atoms with Gasteiger partial charge in [-0.15, -0.1) is 0 Å². The quantitative estimate of drug-likeness (QED) is 0.512. The summed E-state index contributed by atoms with van der Waals surface area (Å²) >= 11 is 1.78. The first kappa shape index (κ1) is 25.0. The van der Waals surface area contributed by atoms with Crippen molar-refractivity contribution in [1.29, 1.82) is 0 Å². The highest BCUT2D eigenvalue weighted by atomic mass is 32.2. The van der Waals surface area contributed by atoms with Gasteiger partial charge in [-0.1, -0.05) is 23.9 Å². The smallest absolute Gasteiger partial charge is 0.254 e. The Morgan fingerprint density at radius 1 is 1.11 bits per heavy atom. The standard InChI is InChI=1S/C30H40N4O2S/c1-4-33(5-2)27(35)25-19(3)31-29-34(10-7-11-37-29)26(25)23-8-6-9-24(15-23)32-28(36)30-16-20-12-21(17-30)14-22(13-20)18-30/h6,8-9,15,20-22,26H,4-5,7,10-14,16-18H2,1-3H3,(H,32,36). The Bertz CT molecular complexity index is 1120. The van der Waals surface area contributed by atoms with Gasteiger partial charge in [0.15, 0.2) is 5.17 Å². The molecule has 0 aromatic heterocycles. The van der Waals surface area contributed by atoms with E-state index in [-0.39, 0.29) is 23.3 Å². The molecule has 2 amide bonds. The summed E-state index contributed by atoms with van der Waals surface area (Å²) in [5.41, 5.74) is 3.29. The second-order valence-corrected chi connectivity index (χ2v) is 13.0. The number of benzene rings is 1. The third-order valence-electron chi connectivity index (χ3n) is 9.52. The average Bonchev–Trinajstić information content (AvgIpc) is 2.88. The molecule has 4 bridgehead atoms. The van der Waals surface area contributed by atoms with Crippen LogP contribution in [0.1, 0.15) is 77.3 Å². The third kappa shape index (κ3) is 4.41. The Kier molecular flexibility index (Phi) is 6.62. The van der Waals surface area contributed by atoms with E-state index in [1.807, 2.05) is 37.8 Å². The second kappa shape index (κ2) is 9.79. The van der Waals surface area contributed by atoms with E-state index in [9.17, 15) is 9.59 Å². The Labute approximate surface area is 225 Å². The van der Waals surface area contributed by atoms with Gasteiger partial charge < -0.3 is 15.1 Å². The Morgan fingerprint density at radius 3 is 2.43 bits per heavy atom. The fourth-order valence-electron chi connectivity index (χ4n) is 8.21. The fourth-order valence-corrected chi connectivity index (χ4v) is 9.23. The number of hydrogen-bond donors (Lipinski definition) is 1.